The second-order valence-electron chi connectivity index (χ2n) is 7.13. The zero-order valence-electron chi connectivity index (χ0n) is 16.4. The normalized spacial score (nSPS) is 16.4. The molecule has 3 N–H and O–H groups in total. The van der Waals surface area contributed by atoms with Crippen LogP contribution in [0.3, 0.4) is 0 Å². The number of fused-ring (bicyclic) bond motifs is 2. The lowest BCUT2D eigenvalue weighted by atomic mass is 9.90. The quantitative estimate of drug-likeness (QED) is 0.466. The average molecular weight is 394 g/mol. The van der Waals surface area contributed by atoms with Gasteiger partial charge in [-0.2, -0.15) is 0 Å². The Labute approximate surface area is 168 Å². The number of aliphatic imine (C=N–C) groups is 1. The first-order valence-corrected chi connectivity index (χ1v) is 9.56. The van der Waals surface area contributed by atoms with Crippen molar-refractivity contribution in [2.75, 3.05) is 18.9 Å². The van der Waals surface area contributed by atoms with Crippen LogP contribution in [0.15, 0.2) is 51.9 Å². The fraction of sp³-hybridized carbons (Fsp3) is 0.273. The van der Waals surface area contributed by atoms with Gasteiger partial charge in [0.1, 0.15) is 17.2 Å². The van der Waals surface area contributed by atoms with E-state index in [-0.39, 0.29) is 17.6 Å². The third-order valence-corrected chi connectivity index (χ3v) is 5.26. The molecule has 1 amide bonds. The summed E-state index contributed by atoms with van der Waals surface area (Å²) >= 11 is 0. The molecule has 0 spiro atoms. The molecule has 1 atom stereocenters. The maximum atomic E-state index is 13.5. The molecule has 1 aliphatic heterocycles. The molecule has 3 aromatic rings. The number of aryl methyl sites for hydroxylation is 1. The van der Waals surface area contributed by atoms with Gasteiger partial charge in [-0.25, -0.2) is 4.39 Å². The molecular weight excluding hydrogens is 371 g/mol. The van der Waals surface area contributed by atoms with Crippen molar-refractivity contribution in [3.8, 4) is 0 Å². The highest BCUT2D eigenvalue weighted by Crippen LogP contribution is 2.31. The van der Waals surface area contributed by atoms with Crippen molar-refractivity contribution in [1.82, 2.24) is 10.6 Å². The van der Waals surface area contributed by atoms with Crippen molar-refractivity contribution < 1.29 is 13.6 Å². The molecule has 0 fully saturated rings. The summed E-state index contributed by atoms with van der Waals surface area (Å²) in [6, 6.07) is 12.4. The number of amides is 1. The number of guanidine groups is 1. The van der Waals surface area contributed by atoms with Crippen molar-refractivity contribution in [1.29, 1.82) is 0 Å². The number of nitrogens with one attached hydrogen (secondary N) is 3. The Hall–Kier alpha value is -3.35. The lowest BCUT2D eigenvalue weighted by molar-refractivity contribution is -0.116. The Morgan fingerprint density at radius 1 is 1.28 bits per heavy atom. The zero-order chi connectivity index (χ0) is 20.4. The van der Waals surface area contributed by atoms with E-state index in [1.807, 2.05) is 31.2 Å². The second-order valence-corrected chi connectivity index (χ2v) is 7.13. The Bertz CT molecular complexity index is 1090. The summed E-state index contributed by atoms with van der Waals surface area (Å²) in [5, 5.41) is 10.2. The van der Waals surface area contributed by atoms with Crippen LogP contribution in [0.4, 0.5) is 10.1 Å². The predicted octanol–water partition coefficient (Wildman–Crippen LogP) is 3.67. The number of para-hydroxylation sites is 1. The van der Waals surface area contributed by atoms with E-state index in [4.69, 9.17) is 4.42 Å². The second kappa shape index (κ2) is 7.95. The van der Waals surface area contributed by atoms with Gasteiger partial charge in [0.15, 0.2) is 5.96 Å². The van der Waals surface area contributed by atoms with Gasteiger partial charge in [0.25, 0.3) is 0 Å². The highest BCUT2D eigenvalue weighted by atomic mass is 19.1. The fourth-order valence-corrected chi connectivity index (χ4v) is 3.70. The van der Waals surface area contributed by atoms with Crippen LogP contribution in [0.1, 0.15) is 29.2 Å². The Morgan fingerprint density at radius 2 is 2.10 bits per heavy atom. The van der Waals surface area contributed by atoms with Crippen LogP contribution in [-0.2, 0) is 11.3 Å². The van der Waals surface area contributed by atoms with Crippen LogP contribution in [0, 0.1) is 12.7 Å². The van der Waals surface area contributed by atoms with Gasteiger partial charge < -0.3 is 20.4 Å². The lowest BCUT2D eigenvalue weighted by Crippen LogP contribution is -2.40. The summed E-state index contributed by atoms with van der Waals surface area (Å²) in [5.41, 5.74) is 3.54. The number of hydrogen-bond donors (Lipinski definition) is 3. The Morgan fingerprint density at radius 3 is 2.93 bits per heavy atom. The van der Waals surface area contributed by atoms with Crippen LogP contribution in [0.25, 0.3) is 11.0 Å². The SMILES string of the molecule is CN=C(NCc1oc2ccc(F)cc2c1C)NCC1CC(=O)Nc2ccccc21. The van der Waals surface area contributed by atoms with Gasteiger partial charge in [0.05, 0.1) is 6.54 Å². The first kappa shape index (κ1) is 19.0. The summed E-state index contributed by atoms with van der Waals surface area (Å²) in [4.78, 5) is 16.2. The molecule has 0 bridgehead atoms. The average Bonchev–Trinajstić information content (AvgIpc) is 3.03. The van der Waals surface area contributed by atoms with Crippen LogP contribution < -0.4 is 16.0 Å². The first-order valence-electron chi connectivity index (χ1n) is 9.56. The van der Waals surface area contributed by atoms with E-state index >= 15 is 0 Å². The van der Waals surface area contributed by atoms with E-state index in [2.05, 4.69) is 20.9 Å². The maximum Gasteiger partial charge on any atom is 0.225 e. The summed E-state index contributed by atoms with van der Waals surface area (Å²) in [7, 11) is 1.69. The first-order chi connectivity index (χ1) is 14.0. The fourth-order valence-electron chi connectivity index (χ4n) is 3.70. The molecule has 0 radical (unpaired) electrons. The predicted molar refractivity (Wildman–Crippen MR) is 112 cm³/mol. The van der Waals surface area contributed by atoms with Gasteiger partial charge in [-0.3, -0.25) is 9.79 Å². The van der Waals surface area contributed by atoms with E-state index in [0.717, 1.165) is 28.0 Å². The maximum absolute atomic E-state index is 13.5. The number of furan rings is 1. The van der Waals surface area contributed by atoms with Gasteiger partial charge >= 0.3 is 0 Å². The highest BCUT2D eigenvalue weighted by molar-refractivity contribution is 5.94. The van der Waals surface area contributed by atoms with Crippen molar-refractivity contribution >= 4 is 28.5 Å². The summed E-state index contributed by atoms with van der Waals surface area (Å²) in [6.07, 6.45) is 0.426. The number of benzene rings is 2. The number of anilines is 1. The van der Waals surface area contributed by atoms with Crippen LogP contribution in [-0.4, -0.2) is 25.5 Å². The summed E-state index contributed by atoms with van der Waals surface area (Å²) < 4.78 is 19.3. The van der Waals surface area contributed by atoms with E-state index in [1.165, 1.54) is 12.1 Å². The molecule has 1 aliphatic rings. The summed E-state index contributed by atoms with van der Waals surface area (Å²) in [5.74, 6) is 1.14. The van der Waals surface area contributed by atoms with Gasteiger partial charge in [0, 0.05) is 42.6 Å². The Kier molecular flexibility index (Phi) is 5.20. The molecule has 1 aromatic heterocycles. The Balaban J connectivity index is 1.41. The number of halogens is 1. The summed E-state index contributed by atoms with van der Waals surface area (Å²) in [6.45, 7) is 2.91. The minimum absolute atomic E-state index is 0.0172. The van der Waals surface area contributed by atoms with Crippen LogP contribution in [0.5, 0.6) is 0 Å². The highest BCUT2D eigenvalue weighted by Gasteiger charge is 2.24. The van der Waals surface area contributed by atoms with E-state index in [9.17, 15) is 9.18 Å². The molecule has 2 heterocycles. The molecule has 0 aliphatic carbocycles. The number of carbonyl (C=O) groups excluding carboxylic acids is 1. The van der Waals surface area contributed by atoms with Crippen LogP contribution >= 0.6 is 0 Å². The molecule has 6 nitrogen and oxygen atoms in total. The van der Waals surface area contributed by atoms with Gasteiger partial charge in [-0.05, 0) is 36.8 Å². The van der Waals surface area contributed by atoms with Crippen molar-refractivity contribution in [3.63, 3.8) is 0 Å². The monoisotopic (exact) mass is 394 g/mol. The molecule has 150 valence electrons. The zero-order valence-corrected chi connectivity index (χ0v) is 16.4. The van der Waals surface area contributed by atoms with Crippen molar-refractivity contribution in [2.45, 2.75) is 25.8 Å². The molecule has 0 saturated carbocycles. The number of nitrogens with zero attached hydrogens (tertiary/aromatic N) is 1. The standard InChI is InChI=1S/C22H23FN4O2/c1-13-17-10-15(23)7-8-19(17)29-20(13)12-26-22(24-2)25-11-14-9-21(28)27-18-6-4-3-5-16(14)18/h3-8,10,14H,9,11-12H2,1-2H3,(H,27,28)(H2,24,25,26). The minimum atomic E-state index is -0.282. The van der Waals surface area contributed by atoms with E-state index in [1.54, 1.807) is 13.1 Å². The van der Waals surface area contributed by atoms with Gasteiger partial charge in [0.2, 0.25) is 5.91 Å². The van der Waals surface area contributed by atoms with E-state index < -0.39 is 0 Å². The minimum Gasteiger partial charge on any atom is -0.459 e. The van der Waals surface area contributed by atoms with Gasteiger partial charge in [-0.15, -0.1) is 0 Å². The van der Waals surface area contributed by atoms with Crippen molar-refractivity contribution in [3.05, 3.63) is 65.2 Å². The molecule has 7 heteroatoms. The van der Waals surface area contributed by atoms with Crippen molar-refractivity contribution in [2.24, 2.45) is 4.99 Å². The topological polar surface area (TPSA) is 78.7 Å². The van der Waals surface area contributed by atoms with Gasteiger partial charge in [-0.1, -0.05) is 18.2 Å². The van der Waals surface area contributed by atoms with E-state index in [0.29, 0.717) is 31.1 Å². The number of rotatable bonds is 4. The largest absolute Gasteiger partial charge is 0.459 e. The molecule has 4 rings (SSSR count). The smallest absolute Gasteiger partial charge is 0.225 e. The molecular formula is C22H23FN4O2. The molecule has 2 aromatic carbocycles. The molecule has 29 heavy (non-hydrogen) atoms. The van der Waals surface area contributed by atoms with Crippen LogP contribution in [0.2, 0.25) is 0 Å². The third-order valence-electron chi connectivity index (χ3n) is 5.26. The lowest BCUT2D eigenvalue weighted by Gasteiger charge is -2.26. The third kappa shape index (κ3) is 3.94. The number of hydrogen-bond acceptors (Lipinski definition) is 3. The molecule has 0 saturated heterocycles. The molecule has 1 unspecified atom stereocenters. The number of carbonyl (C=O) groups is 1.